The summed E-state index contributed by atoms with van der Waals surface area (Å²) in [6.07, 6.45) is 0. The van der Waals surface area contributed by atoms with Crippen LogP contribution in [0.1, 0.15) is 50.1 Å². The first-order valence-electron chi connectivity index (χ1n) is 10.3. The molecule has 0 amide bonds. The van der Waals surface area contributed by atoms with Gasteiger partial charge >= 0.3 is 0 Å². The van der Waals surface area contributed by atoms with Crippen LogP contribution in [0.25, 0.3) is 0 Å². The predicted octanol–water partition coefficient (Wildman–Crippen LogP) is 6.10. The van der Waals surface area contributed by atoms with Gasteiger partial charge in [-0.25, -0.2) is 0 Å². The smallest absolute Gasteiger partial charge is 0.171 e. The van der Waals surface area contributed by atoms with Gasteiger partial charge in [-0.1, -0.05) is 18.2 Å². The molecule has 2 heteroatoms. The molecule has 0 aliphatic rings. The standard InChI is InChI=1S/C27H33OP/c1-16-10-22(7)25(13-19(16)4)29(28,26-14-20(5)17(2)11-23(26)8)27-15-21(6)18(3)12-24(27)9/h10-15H,1-9H3. The molecule has 0 fully saturated rings. The van der Waals surface area contributed by atoms with E-state index < -0.39 is 7.14 Å². The van der Waals surface area contributed by atoms with Gasteiger partial charge in [0.1, 0.15) is 0 Å². The monoisotopic (exact) mass is 404 g/mol. The van der Waals surface area contributed by atoms with Crippen molar-refractivity contribution in [3.63, 3.8) is 0 Å². The molecular formula is C27H33OP. The third-order valence-electron chi connectivity index (χ3n) is 6.45. The zero-order valence-electron chi connectivity index (χ0n) is 19.3. The van der Waals surface area contributed by atoms with Crippen LogP contribution < -0.4 is 15.9 Å². The highest BCUT2D eigenvalue weighted by atomic mass is 31.2. The Balaban J connectivity index is 2.50. The van der Waals surface area contributed by atoms with Crippen molar-refractivity contribution in [3.05, 3.63) is 86.5 Å². The third kappa shape index (κ3) is 3.62. The Hall–Kier alpha value is -2.11. The first-order chi connectivity index (χ1) is 13.5. The summed E-state index contributed by atoms with van der Waals surface area (Å²) in [4.78, 5) is 0. The Labute approximate surface area is 176 Å². The summed E-state index contributed by atoms with van der Waals surface area (Å²) in [6, 6.07) is 13.0. The van der Waals surface area contributed by atoms with Crippen molar-refractivity contribution < 1.29 is 4.57 Å². The minimum Gasteiger partial charge on any atom is -0.309 e. The van der Waals surface area contributed by atoms with E-state index in [9.17, 15) is 0 Å². The van der Waals surface area contributed by atoms with Gasteiger partial charge in [-0.15, -0.1) is 0 Å². The Kier molecular flexibility index (Phi) is 5.67. The molecule has 152 valence electrons. The van der Waals surface area contributed by atoms with Crippen LogP contribution in [0.2, 0.25) is 0 Å². The van der Waals surface area contributed by atoms with E-state index in [-0.39, 0.29) is 0 Å². The Morgan fingerprint density at radius 1 is 0.379 bits per heavy atom. The van der Waals surface area contributed by atoms with Crippen molar-refractivity contribution in [1.82, 2.24) is 0 Å². The Morgan fingerprint density at radius 2 is 0.586 bits per heavy atom. The number of hydrogen-bond donors (Lipinski definition) is 0. The van der Waals surface area contributed by atoms with Gasteiger partial charge in [0.05, 0.1) is 0 Å². The molecule has 0 aliphatic heterocycles. The van der Waals surface area contributed by atoms with Gasteiger partial charge in [0.2, 0.25) is 0 Å². The van der Waals surface area contributed by atoms with Crippen LogP contribution in [0.3, 0.4) is 0 Å². The minimum absolute atomic E-state index is 0.971. The summed E-state index contributed by atoms with van der Waals surface area (Å²) < 4.78 is 15.3. The molecule has 0 radical (unpaired) electrons. The van der Waals surface area contributed by atoms with E-state index in [0.717, 1.165) is 32.6 Å². The molecule has 0 saturated heterocycles. The molecular weight excluding hydrogens is 371 g/mol. The van der Waals surface area contributed by atoms with Crippen molar-refractivity contribution in [2.24, 2.45) is 0 Å². The van der Waals surface area contributed by atoms with Crippen LogP contribution >= 0.6 is 7.14 Å². The molecule has 0 aromatic heterocycles. The largest absolute Gasteiger partial charge is 0.309 e. The number of hydrogen-bond acceptors (Lipinski definition) is 1. The second kappa shape index (κ2) is 7.62. The van der Waals surface area contributed by atoms with Gasteiger partial charge in [0, 0.05) is 15.9 Å². The summed E-state index contributed by atoms with van der Waals surface area (Å²) in [5.41, 5.74) is 10.6. The maximum absolute atomic E-state index is 15.3. The first-order valence-corrected chi connectivity index (χ1v) is 12.0. The fourth-order valence-electron chi connectivity index (χ4n) is 4.24. The minimum atomic E-state index is -3.03. The van der Waals surface area contributed by atoms with Gasteiger partial charge in [-0.3, -0.25) is 0 Å². The van der Waals surface area contributed by atoms with E-state index in [1.54, 1.807) is 0 Å². The number of aryl methyl sites for hydroxylation is 9. The fourth-order valence-corrected chi connectivity index (χ4v) is 7.83. The normalized spacial score (nSPS) is 11.8. The highest BCUT2D eigenvalue weighted by molar-refractivity contribution is 7.85. The van der Waals surface area contributed by atoms with Gasteiger partial charge < -0.3 is 4.57 Å². The second-order valence-corrected chi connectivity index (χ2v) is 11.4. The summed E-state index contributed by atoms with van der Waals surface area (Å²) in [6.45, 7) is 19.0. The lowest BCUT2D eigenvalue weighted by Crippen LogP contribution is -2.30. The van der Waals surface area contributed by atoms with Crippen molar-refractivity contribution >= 4 is 23.1 Å². The maximum Gasteiger partial charge on any atom is 0.171 e. The van der Waals surface area contributed by atoms with Crippen LogP contribution in [-0.4, -0.2) is 0 Å². The first kappa shape index (κ1) is 21.6. The average molecular weight is 405 g/mol. The zero-order valence-corrected chi connectivity index (χ0v) is 20.2. The highest BCUT2D eigenvalue weighted by Gasteiger charge is 2.35. The molecule has 0 aliphatic carbocycles. The van der Waals surface area contributed by atoms with Crippen LogP contribution in [0, 0.1) is 62.3 Å². The van der Waals surface area contributed by atoms with Crippen molar-refractivity contribution in [3.8, 4) is 0 Å². The van der Waals surface area contributed by atoms with Crippen molar-refractivity contribution in [1.29, 1.82) is 0 Å². The van der Waals surface area contributed by atoms with Gasteiger partial charge in [-0.05, 0) is 131 Å². The highest BCUT2D eigenvalue weighted by Crippen LogP contribution is 2.46. The summed E-state index contributed by atoms with van der Waals surface area (Å²) in [7, 11) is -3.03. The molecule has 3 rings (SSSR count). The summed E-state index contributed by atoms with van der Waals surface area (Å²) >= 11 is 0. The van der Waals surface area contributed by atoms with Crippen LogP contribution in [0.4, 0.5) is 0 Å². The van der Waals surface area contributed by atoms with Crippen molar-refractivity contribution in [2.45, 2.75) is 62.3 Å². The maximum atomic E-state index is 15.3. The lowest BCUT2D eigenvalue weighted by atomic mass is 10.1. The zero-order chi connectivity index (χ0) is 21.7. The van der Waals surface area contributed by atoms with E-state index in [4.69, 9.17) is 0 Å². The molecule has 3 aromatic carbocycles. The summed E-state index contributed by atoms with van der Waals surface area (Å²) in [5, 5.41) is 2.91. The van der Waals surface area contributed by atoms with Gasteiger partial charge in [0.15, 0.2) is 7.14 Å². The lowest BCUT2D eigenvalue weighted by Gasteiger charge is -2.27. The molecule has 3 aromatic rings. The number of benzene rings is 3. The molecule has 0 saturated carbocycles. The van der Waals surface area contributed by atoms with E-state index >= 15 is 4.57 Å². The molecule has 0 spiro atoms. The molecule has 0 atom stereocenters. The van der Waals surface area contributed by atoms with Gasteiger partial charge in [0.25, 0.3) is 0 Å². The molecule has 0 unspecified atom stereocenters. The molecule has 0 heterocycles. The SMILES string of the molecule is Cc1cc(C)c(P(=O)(c2cc(C)c(C)cc2C)c2cc(C)c(C)cc2C)cc1C. The van der Waals surface area contributed by atoms with Crippen LogP contribution in [0.5, 0.6) is 0 Å². The molecule has 0 N–H and O–H groups in total. The summed E-state index contributed by atoms with van der Waals surface area (Å²) in [5.74, 6) is 0. The Morgan fingerprint density at radius 3 is 0.828 bits per heavy atom. The second-order valence-electron chi connectivity index (χ2n) is 8.78. The van der Waals surface area contributed by atoms with Gasteiger partial charge in [-0.2, -0.15) is 0 Å². The molecule has 0 bridgehead atoms. The van der Waals surface area contributed by atoms with E-state index in [2.05, 4.69) is 98.7 Å². The average Bonchev–Trinajstić information content (AvgIpc) is 2.63. The molecule has 29 heavy (non-hydrogen) atoms. The quantitative estimate of drug-likeness (QED) is 0.482. The predicted molar refractivity (Wildman–Crippen MR) is 128 cm³/mol. The topological polar surface area (TPSA) is 17.1 Å². The molecule has 1 nitrogen and oxygen atoms in total. The fraction of sp³-hybridized carbons (Fsp3) is 0.333. The van der Waals surface area contributed by atoms with E-state index in [1.807, 2.05) is 0 Å². The van der Waals surface area contributed by atoms with E-state index in [0.29, 0.717) is 0 Å². The van der Waals surface area contributed by atoms with Crippen LogP contribution in [0.15, 0.2) is 36.4 Å². The van der Waals surface area contributed by atoms with Crippen LogP contribution in [-0.2, 0) is 4.57 Å². The number of rotatable bonds is 3. The third-order valence-corrected chi connectivity index (χ3v) is 9.94. The van der Waals surface area contributed by atoms with Crippen molar-refractivity contribution in [2.75, 3.05) is 0 Å². The lowest BCUT2D eigenvalue weighted by molar-refractivity contribution is 0.592. The Bertz CT molecular complexity index is 1020. The van der Waals surface area contributed by atoms with E-state index in [1.165, 1.54) is 33.4 Å².